The summed E-state index contributed by atoms with van der Waals surface area (Å²) in [6, 6.07) is 0. The summed E-state index contributed by atoms with van der Waals surface area (Å²) in [5.41, 5.74) is -0.456. The van der Waals surface area contributed by atoms with Gasteiger partial charge in [0.25, 0.3) is 0 Å². The lowest BCUT2D eigenvalue weighted by molar-refractivity contribution is 0.286. The molecule has 0 saturated carbocycles. The van der Waals surface area contributed by atoms with E-state index < -0.39 is 20.8 Å². The zero-order valence-electron chi connectivity index (χ0n) is 8.66. The standard InChI is InChI=1S/C8H19NO3S/c1-7(5-6-10)13(11,12)9-8(2,3)4/h7,9-10H,5-6H2,1-4H3. The zero-order valence-corrected chi connectivity index (χ0v) is 9.48. The molecule has 0 aliphatic heterocycles. The van der Waals surface area contributed by atoms with Gasteiger partial charge >= 0.3 is 0 Å². The van der Waals surface area contributed by atoms with Crippen molar-refractivity contribution in [3.05, 3.63) is 0 Å². The van der Waals surface area contributed by atoms with Crippen molar-refractivity contribution in [1.29, 1.82) is 0 Å². The summed E-state index contributed by atoms with van der Waals surface area (Å²) in [4.78, 5) is 0. The lowest BCUT2D eigenvalue weighted by Gasteiger charge is -2.23. The van der Waals surface area contributed by atoms with Gasteiger partial charge in [-0.05, 0) is 34.1 Å². The van der Waals surface area contributed by atoms with Crippen LogP contribution in [0.25, 0.3) is 0 Å². The van der Waals surface area contributed by atoms with Gasteiger partial charge in [0.05, 0.1) is 5.25 Å². The molecule has 1 atom stereocenters. The molecular weight excluding hydrogens is 190 g/mol. The van der Waals surface area contributed by atoms with Crippen LogP contribution in [0.3, 0.4) is 0 Å². The second kappa shape index (κ2) is 4.39. The minimum Gasteiger partial charge on any atom is -0.396 e. The highest BCUT2D eigenvalue weighted by molar-refractivity contribution is 7.90. The van der Waals surface area contributed by atoms with Crippen molar-refractivity contribution >= 4 is 10.0 Å². The number of aliphatic hydroxyl groups excluding tert-OH is 1. The summed E-state index contributed by atoms with van der Waals surface area (Å²) in [6.45, 7) is 6.85. The summed E-state index contributed by atoms with van der Waals surface area (Å²) in [6.07, 6.45) is 0.269. The first-order valence-electron chi connectivity index (χ1n) is 4.32. The summed E-state index contributed by atoms with van der Waals surface area (Å²) in [5, 5.41) is 8.06. The Labute approximate surface area is 80.4 Å². The fraction of sp³-hybridized carbons (Fsp3) is 1.00. The van der Waals surface area contributed by atoms with Crippen LogP contribution in [0.15, 0.2) is 0 Å². The van der Waals surface area contributed by atoms with Gasteiger partial charge in [-0.3, -0.25) is 0 Å². The average molecular weight is 209 g/mol. The Morgan fingerprint density at radius 2 is 1.85 bits per heavy atom. The quantitative estimate of drug-likeness (QED) is 0.707. The van der Waals surface area contributed by atoms with Gasteiger partial charge in [0, 0.05) is 12.1 Å². The van der Waals surface area contributed by atoms with Gasteiger partial charge < -0.3 is 5.11 Å². The topological polar surface area (TPSA) is 66.4 Å². The number of hydrogen-bond acceptors (Lipinski definition) is 3. The van der Waals surface area contributed by atoms with Crippen molar-refractivity contribution in [1.82, 2.24) is 4.72 Å². The Morgan fingerprint density at radius 1 is 1.38 bits per heavy atom. The molecule has 0 aromatic carbocycles. The van der Waals surface area contributed by atoms with Gasteiger partial charge in [0.15, 0.2) is 0 Å². The Bertz CT molecular complexity index is 241. The third-order valence-corrected chi connectivity index (χ3v) is 3.71. The average Bonchev–Trinajstić information content (AvgIpc) is 1.82. The number of sulfonamides is 1. The minimum absolute atomic E-state index is 0.105. The summed E-state index contributed by atoms with van der Waals surface area (Å²) in [5.74, 6) is 0. The Hall–Kier alpha value is -0.130. The van der Waals surface area contributed by atoms with E-state index in [2.05, 4.69) is 4.72 Å². The number of aliphatic hydroxyl groups is 1. The highest BCUT2D eigenvalue weighted by atomic mass is 32.2. The maximum absolute atomic E-state index is 11.5. The molecule has 4 nitrogen and oxygen atoms in total. The molecule has 0 saturated heterocycles. The fourth-order valence-electron chi connectivity index (χ4n) is 0.864. The van der Waals surface area contributed by atoms with Crippen molar-refractivity contribution in [3.63, 3.8) is 0 Å². The van der Waals surface area contributed by atoms with E-state index in [9.17, 15) is 8.42 Å². The molecule has 1 unspecified atom stereocenters. The van der Waals surface area contributed by atoms with Gasteiger partial charge in [0.1, 0.15) is 0 Å². The van der Waals surface area contributed by atoms with E-state index in [0.29, 0.717) is 0 Å². The Morgan fingerprint density at radius 3 is 2.15 bits per heavy atom. The van der Waals surface area contributed by atoms with Crippen LogP contribution in [-0.2, 0) is 10.0 Å². The predicted octanol–water partition coefficient (Wildman–Crippen LogP) is 0.475. The third-order valence-electron chi connectivity index (χ3n) is 1.51. The van der Waals surface area contributed by atoms with Crippen molar-refractivity contribution in [2.75, 3.05) is 6.61 Å². The van der Waals surface area contributed by atoms with Crippen LogP contribution in [0.1, 0.15) is 34.1 Å². The van der Waals surface area contributed by atoms with Crippen LogP contribution in [0, 0.1) is 0 Å². The molecule has 0 bridgehead atoms. The Balaban J connectivity index is 4.41. The van der Waals surface area contributed by atoms with Crippen LogP contribution >= 0.6 is 0 Å². The summed E-state index contributed by atoms with van der Waals surface area (Å²) >= 11 is 0. The first-order chi connectivity index (χ1) is 5.69. The van der Waals surface area contributed by atoms with Gasteiger partial charge in [0.2, 0.25) is 10.0 Å². The van der Waals surface area contributed by atoms with Crippen LogP contribution in [0.5, 0.6) is 0 Å². The highest BCUT2D eigenvalue weighted by Crippen LogP contribution is 2.08. The zero-order chi connectivity index (χ0) is 10.7. The molecule has 0 radical (unpaired) electrons. The normalized spacial score (nSPS) is 15.8. The van der Waals surface area contributed by atoms with Crippen molar-refractivity contribution in [3.8, 4) is 0 Å². The second-order valence-electron chi connectivity index (χ2n) is 4.22. The molecule has 0 aliphatic carbocycles. The second-order valence-corrected chi connectivity index (χ2v) is 6.32. The van der Waals surface area contributed by atoms with E-state index >= 15 is 0 Å². The predicted molar refractivity (Wildman–Crippen MR) is 53.0 cm³/mol. The van der Waals surface area contributed by atoms with Crippen molar-refractivity contribution in [2.45, 2.75) is 44.9 Å². The summed E-state index contributed by atoms with van der Waals surface area (Å²) < 4.78 is 25.6. The van der Waals surface area contributed by atoms with Crippen LogP contribution in [0.2, 0.25) is 0 Å². The lowest BCUT2D eigenvalue weighted by atomic mass is 10.1. The molecule has 0 aliphatic rings. The van der Waals surface area contributed by atoms with Gasteiger partial charge in [-0.2, -0.15) is 0 Å². The molecule has 2 N–H and O–H groups in total. The summed E-state index contributed by atoms with van der Waals surface area (Å²) in [7, 11) is -3.29. The van der Waals surface area contributed by atoms with Gasteiger partial charge in [-0.25, -0.2) is 13.1 Å². The number of nitrogens with one attached hydrogen (secondary N) is 1. The molecule has 0 fully saturated rings. The Kier molecular flexibility index (Phi) is 4.35. The number of hydrogen-bond donors (Lipinski definition) is 2. The molecule has 0 amide bonds. The smallest absolute Gasteiger partial charge is 0.214 e. The molecule has 0 aromatic heterocycles. The first kappa shape index (κ1) is 12.9. The van der Waals surface area contributed by atoms with E-state index in [1.165, 1.54) is 0 Å². The van der Waals surface area contributed by atoms with E-state index in [-0.39, 0.29) is 13.0 Å². The maximum atomic E-state index is 11.5. The van der Waals surface area contributed by atoms with Crippen molar-refractivity contribution in [2.24, 2.45) is 0 Å². The first-order valence-corrected chi connectivity index (χ1v) is 5.87. The van der Waals surface area contributed by atoms with Gasteiger partial charge in [-0.1, -0.05) is 0 Å². The molecule has 0 heterocycles. The molecular formula is C8H19NO3S. The van der Waals surface area contributed by atoms with Crippen LogP contribution < -0.4 is 4.72 Å². The molecule has 0 aromatic rings. The van der Waals surface area contributed by atoms with E-state index in [1.807, 2.05) is 0 Å². The van der Waals surface area contributed by atoms with E-state index in [1.54, 1.807) is 27.7 Å². The van der Waals surface area contributed by atoms with Crippen molar-refractivity contribution < 1.29 is 13.5 Å². The molecule has 80 valence electrons. The number of rotatable bonds is 4. The monoisotopic (exact) mass is 209 g/mol. The molecule has 5 heteroatoms. The van der Waals surface area contributed by atoms with E-state index in [4.69, 9.17) is 5.11 Å². The van der Waals surface area contributed by atoms with Gasteiger partial charge in [-0.15, -0.1) is 0 Å². The van der Waals surface area contributed by atoms with Crippen LogP contribution in [-0.4, -0.2) is 30.9 Å². The molecule has 0 rings (SSSR count). The minimum atomic E-state index is -3.29. The largest absolute Gasteiger partial charge is 0.396 e. The molecule has 0 spiro atoms. The lowest BCUT2D eigenvalue weighted by Crippen LogP contribution is -2.44. The fourth-order valence-corrected chi connectivity index (χ4v) is 2.33. The SMILES string of the molecule is CC(CCO)S(=O)(=O)NC(C)(C)C. The maximum Gasteiger partial charge on any atom is 0.214 e. The van der Waals surface area contributed by atoms with E-state index in [0.717, 1.165) is 0 Å². The highest BCUT2D eigenvalue weighted by Gasteiger charge is 2.25. The van der Waals surface area contributed by atoms with Crippen LogP contribution in [0.4, 0.5) is 0 Å². The third kappa shape index (κ3) is 5.23. The molecule has 13 heavy (non-hydrogen) atoms.